The van der Waals surface area contributed by atoms with Crippen molar-refractivity contribution < 1.29 is 27.9 Å². The zero-order valence-corrected chi connectivity index (χ0v) is 11.0. The molecule has 0 aliphatic carbocycles. The second-order valence-electron chi connectivity index (χ2n) is 3.13. The van der Waals surface area contributed by atoms with Crippen LogP contribution in [0.1, 0.15) is 22.3 Å². The van der Waals surface area contributed by atoms with E-state index in [1.165, 1.54) is 0 Å². The van der Waals surface area contributed by atoms with Crippen molar-refractivity contribution in [3.8, 4) is 0 Å². The number of alkyl halides is 4. The number of amides is 1. The van der Waals surface area contributed by atoms with Crippen molar-refractivity contribution in [1.29, 1.82) is 0 Å². The molecular weight excluding hydrogens is 333 g/mol. The molecule has 1 aromatic rings. The summed E-state index contributed by atoms with van der Waals surface area (Å²) in [5.41, 5.74) is 2.71. The van der Waals surface area contributed by atoms with Crippen molar-refractivity contribution in [1.82, 2.24) is 4.98 Å². The fourth-order valence-corrected chi connectivity index (χ4v) is 1.30. The molecule has 0 spiro atoms. The van der Waals surface area contributed by atoms with Crippen molar-refractivity contribution in [3.63, 3.8) is 0 Å². The van der Waals surface area contributed by atoms with E-state index in [4.69, 9.17) is 10.8 Å². The number of hydrogen-bond donors (Lipinski definition) is 2. The number of carboxylic acids is 1. The van der Waals surface area contributed by atoms with Gasteiger partial charge >= 0.3 is 12.1 Å². The summed E-state index contributed by atoms with van der Waals surface area (Å²) in [6.45, 7) is 0. The van der Waals surface area contributed by atoms with Crippen LogP contribution in [0, 0.1) is 0 Å². The monoisotopic (exact) mass is 342 g/mol. The van der Waals surface area contributed by atoms with Crippen LogP contribution in [-0.4, -0.2) is 27.3 Å². The van der Waals surface area contributed by atoms with Gasteiger partial charge in [-0.05, 0) is 6.07 Å². The van der Waals surface area contributed by atoms with Gasteiger partial charge in [-0.1, -0.05) is 15.9 Å². The number of nitrogens with two attached hydrogens (primary N) is 1. The van der Waals surface area contributed by atoms with Crippen LogP contribution in [0.3, 0.4) is 0 Å². The Labute approximate surface area is 114 Å². The summed E-state index contributed by atoms with van der Waals surface area (Å²) < 4.78 is 36.4. The quantitative estimate of drug-likeness (QED) is 0.822. The van der Waals surface area contributed by atoms with Crippen LogP contribution in [0.4, 0.5) is 13.2 Å². The maximum atomic E-state index is 12.1. The molecule has 0 atom stereocenters. The van der Waals surface area contributed by atoms with Gasteiger partial charge in [0.05, 0.1) is 11.1 Å². The summed E-state index contributed by atoms with van der Waals surface area (Å²) in [5, 5.41) is 9.06. The maximum absolute atomic E-state index is 12.1. The fraction of sp³-hybridized carbons (Fsp3) is 0.300. The van der Waals surface area contributed by atoms with Gasteiger partial charge in [0.2, 0.25) is 5.91 Å². The van der Waals surface area contributed by atoms with Crippen molar-refractivity contribution in [2.75, 3.05) is 5.33 Å². The lowest BCUT2D eigenvalue weighted by Crippen LogP contribution is -2.12. The number of halogens is 4. The molecule has 5 nitrogen and oxygen atoms in total. The van der Waals surface area contributed by atoms with E-state index in [2.05, 4.69) is 20.9 Å². The zero-order valence-electron chi connectivity index (χ0n) is 9.45. The third-order valence-corrected chi connectivity index (χ3v) is 2.09. The molecule has 0 saturated heterocycles. The summed E-state index contributed by atoms with van der Waals surface area (Å²) in [5.74, 6) is -1.90. The third kappa shape index (κ3) is 6.75. The number of carbonyl (C=O) groups excluding carboxylic acids is 1. The Morgan fingerprint density at radius 1 is 1.42 bits per heavy atom. The van der Waals surface area contributed by atoms with E-state index in [-0.39, 0.29) is 5.91 Å². The van der Waals surface area contributed by atoms with Crippen LogP contribution in [0.15, 0.2) is 18.5 Å². The summed E-state index contributed by atoms with van der Waals surface area (Å²) >= 11 is 3.05. The molecule has 0 saturated carbocycles. The van der Waals surface area contributed by atoms with E-state index < -0.39 is 23.3 Å². The number of rotatable bonds is 3. The van der Waals surface area contributed by atoms with E-state index in [1.54, 1.807) is 0 Å². The lowest BCUT2D eigenvalue weighted by Gasteiger charge is -2.08. The second-order valence-corrected chi connectivity index (χ2v) is 3.92. The average Bonchev–Trinajstić information content (AvgIpc) is 2.28. The minimum atomic E-state index is -4.66. The average molecular weight is 343 g/mol. The molecule has 1 heterocycles. The molecule has 1 amide bonds. The number of primary amides is 1. The lowest BCUT2D eigenvalue weighted by atomic mass is 10.1. The van der Waals surface area contributed by atoms with E-state index in [1.807, 2.05) is 0 Å². The highest BCUT2D eigenvalue weighted by atomic mass is 79.9. The van der Waals surface area contributed by atoms with Gasteiger partial charge in [0.1, 0.15) is 0 Å². The molecular formula is C10H10BrF3N2O3. The Morgan fingerprint density at radius 3 is 2.26 bits per heavy atom. The Morgan fingerprint density at radius 2 is 2.00 bits per heavy atom. The Balaban J connectivity index is 0.000000459. The minimum absolute atomic E-state index is 0.258. The third-order valence-electron chi connectivity index (χ3n) is 1.70. The van der Waals surface area contributed by atoms with Crippen molar-refractivity contribution in [2.24, 2.45) is 5.73 Å². The number of hydrogen-bond acceptors (Lipinski definition) is 3. The molecule has 0 aliphatic heterocycles. The highest BCUT2D eigenvalue weighted by Gasteiger charge is 2.35. The Bertz CT molecular complexity index is 452. The van der Waals surface area contributed by atoms with Gasteiger partial charge < -0.3 is 10.8 Å². The van der Waals surface area contributed by atoms with Crippen molar-refractivity contribution in [2.45, 2.75) is 12.6 Å². The van der Waals surface area contributed by atoms with Gasteiger partial charge in [-0.25, -0.2) is 4.79 Å². The SMILES string of the molecule is NC(=O)CCBr.O=C(O)c1cnccc1C(F)(F)F. The predicted molar refractivity (Wildman–Crippen MR) is 63.8 cm³/mol. The Kier molecular flexibility index (Phi) is 7.05. The van der Waals surface area contributed by atoms with Crippen molar-refractivity contribution in [3.05, 3.63) is 29.6 Å². The first-order chi connectivity index (χ1) is 8.70. The normalized spacial score (nSPS) is 10.3. The van der Waals surface area contributed by atoms with Gasteiger partial charge in [0.15, 0.2) is 0 Å². The van der Waals surface area contributed by atoms with Crippen LogP contribution < -0.4 is 5.73 Å². The number of carboxylic acid groups (broad SMARTS) is 1. The van der Waals surface area contributed by atoms with Crippen LogP contribution in [-0.2, 0) is 11.0 Å². The highest BCUT2D eigenvalue weighted by Crippen LogP contribution is 2.31. The zero-order chi connectivity index (χ0) is 15.1. The first kappa shape index (κ1) is 17.4. The molecule has 9 heteroatoms. The Hall–Kier alpha value is -1.64. The van der Waals surface area contributed by atoms with Gasteiger partial charge in [0.25, 0.3) is 0 Å². The van der Waals surface area contributed by atoms with Crippen LogP contribution in [0.2, 0.25) is 0 Å². The van der Waals surface area contributed by atoms with Gasteiger partial charge in [-0.2, -0.15) is 13.2 Å². The molecule has 19 heavy (non-hydrogen) atoms. The maximum Gasteiger partial charge on any atom is 0.417 e. The van der Waals surface area contributed by atoms with E-state index in [0.29, 0.717) is 24.0 Å². The largest absolute Gasteiger partial charge is 0.478 e. The minimum Gasteiger partial charge on any atom is -0.478 e. The standard InChI is InChI=1S/C7H4F3NO2.C3H6BrNO/c8-7(9,10)5-1-2-11-3-4(5)6(12)13;4-2-1-3(5)6/h1-3H,(H,12,13);1-2H2,(H2,5,6). The molecule has 0 fully saturated rings. The lowest BCUT2D eigenvalue weighted by molar-refractivity contribution is -0.138. The van der Waals surface area contributed by atoms with Gasteiger partial charge in [-0.15, -0.1) is 0 Å². The van der Waals surface area contributed by atoms with Gasteiger partial charge in [0, 0.05) is 24.1 Å². The van der Waals surface area contributed by atoms with Gasteiger partial charge in [-0.3, -0.25) is 9.78 Å². The fourth-order valence-electron chi connectivity index (χ4n) is 0.905. The summed E-state index contributed by atoms with van der Waals surface area (Å²) in [4.78, 5) is 23.4. The summed E-state index contributed by atoms with van der Waals surface area (Å²) in [6, 6.07) is 0.628. The van der Waals surface area contributed by atoms with E-state index in [0.717, 1.165) is 6.20 Å². The summed E-state index contributed by atoms with van der Waals surface area (Å²) in [6.07, 6.45) is -2.66. The first-order valence-electron chi connectivity index (χ1n) is 4.79. The number of aromatic nitrogens is 1. The molecule has 3 N–H and O–H groups in total. The molecule has 0 unspecified atom stereocenters. The first-order valence-corrected chi connectivity index (χ1v) is 5.91. The molecule has 0 radical (unpaired) electrons. The molecule has 1 aromatic heterocycles. The molecule has 0 aliphatic rings. The summed E-state index contributed by atoms with van der Waals surface area (Å²) in [7, 11) is 0. The smallest absolute Gasteiger partial charge is 0.417 e. The molecule has 0 aromatic carbocycles. The topological polar surface area (TPSA) is 93.3 Å². The van der Waals surface area contributed by atoms with Crippen molar-refractivity contribution >= 4 is 27.8 Å². The number of carbonyl (C=O) groups is 2. The predicted octanol–water partition coefficient (Wildman–Crippen LogP) is 2.06. The van der Waals surface area contributed by atoms with Crippen LogP contribution in [0.5, 0.6) is 0 Å². The van der Waals surface area contributed by atoms with E-state index >= 15 is 0 Å². The van der Waals surface area contributed by atoms with E-state index in [9.17, 15) is 22.8 Å². The number of pyridine rings is 1. The van der Waals surface area contributed by atoms with Crippen LogP contribution >= 0.6 is 15.9 Å². The molecule has 106 valence electrons. The highest BCUT2D eigenvalue weighted by molar-refractivity contribution is 9.09. The molecule has 0 bridgehead atoms. The number of nitrogens with zero attached hydrogens (tertiary/aromatic N) is 1. The van der Waals surface area contributed by atoms with Crippen LogP contribution in [0.25, 0.3) is 0 Å². The number of aromatic carboxylic acids is 1. The molecule has 1 rings (SSSR count). The second kappa shape index (κ2) is 7.72.